The topological polar surface area (TPSA) is 15.7 Å². The summed E-state index contributed by atoms with van der Waals surface area (Å²) in [6, 6.07) is 36.2. The number of hydrogen-bond donors (Lipinski definition) is 0. The van der Waals surface area contributed by atoms with Gasteiger partial charge in [-0.3, -0.25) is 4.90 Å². The maximum atomic E-state index is 5.61. The lowest BCUT2D eigenvalue weighted by Crippen LogP contribution is -2.42. The van der Waals surface area contributed by atoms with Crippen molar-refractivity contribution >= 4 is 0 Å². The number of hydrogen-bond acceptors (Lipinski definition) is 3. The van der Waals surface area contributed by atoms with E-state index in [9.17, 15) is 0 Å². The number of fused-ring (bicyclic) bond motifs is 6. The van der Waals surface area contributed by atoms with E-state index in [1.165, 1.54) is 44.5 Å². The zero-order valence-electron chi connectivity index (χ0n) is 22.8. The fraction of sp³-hybridized carbons (Fsp3) is 0.333. The third kappa shape index (κ3) is 4.84. The smallest absolute Gasteiger partial charge is 0.0594 e. The number of ether oxygens (including phenoxy) is 1. The van der Waals surface area contributed by atoms with Crippen LogP contribution >= 0.6 is 0 Å². The molecule has 198 valence electrons. The number of benzene rings is 4. The maximum absolute atomic E-state index is 5.61. The molecule has 0 aromatic heterocycles. The second kappa shape index (κ2) is 11.1. The molecular formula is C36H38N2O. The van der Waals surface area contributed by atoms with Crippen LogP contribution in [-0.4, -0.2) is 62.3 Å². The molecule has 0 spiro atoms. The molecule has 4 aromatic carbocycles. The van der Waals surface area contributed by atoms with E-state index >= 15 is 0 Å². The van der Waals surface area contributed by atoms with E-state index < -0.39 is 0 Å². The number of nitrogens with zero attached hydrogens (tertiary/aromatic N) is 2. The molecule has 4 aromatic rings. The SMILES string of the molecule is c1ccc2c(c1)-c1ccccc1C2CCN(CCC1c2ccccc2-c2ccccc21)CCN1CCOCC1. The molecule has 1 aliphatic heterocycles. The molecule has 7 rings (SSSR count). The van der Waals surface area contributed by atoms with Crippen LogP contribution in [0.2, 0.25) is 0 Å². The standard InChI is InChI=1S/C36H38N2O/c1-5-13-31-27(9-1)28-10-2-6-14-32(28)35(31)17-19-37(21-22-38-23-25-39-26-24-38)20-18-36-33-15-7-3-11-29(33)30-12-4-8-16-34(30)36/h1-16,35-36H,17-26H2. The molecule has 3 heteroatoms. The van der Waals surface area contributed by atoms with Gasteiger partial charge in [-0.1, -0.05) is 97.1 Å². The monoisotopic (exact) mass is 514 g/mol. The van der Waals surface area contributed by atoms with Crippen LogP contribution in [0.1, 0.15) is 46.9 Å². The summed E-state index contributed by atoms with van der Waals surface area (Å²) in [6.45, 7) is 8.32. The lowest BCUT2D eigenvalue weighted by atomic mass is 9.92. The third-order valence-corrected chi connectivity index (χ3v) is 9.23. The molecule has 3 aliphatic rings. The Bertz CT molecular complexity index is 1250. The minimum Gasteiger partial charge on any atom is -0.379 e. The minimum atomic E-state index is 0.483. The Morgan fingerprint density at radius 2 is 0.923 bits per heavy atom. The summed E-state index contributed by atoms with van der Waals surface area (Å²) in [5, 5.41) is 0. The molecule has 0 saturated carbocycles. The Kier molecular flexibility index (Phi) is 7.05. The van der Waals surface area contributed by atoms with Gasteiger partial charge in [-0.05, 0) is 70.4 Å². The highest BCUT2D eigenvalue weighted by atomic mass is 16.5. The van der Waals surface area contributed by atoms with Gasteiger partial charge in [0.2, 0.25) is 0 Å². The van der Waals surface area contributed by atoms with E-state index in [4.69, 9.17) is 4.74 Å². The van der Waals surface area contributed by atoms with Gasteiger partial charge in [-0.25, -0.2) is 0 Å². The van der Waals surface area contributed by atoms with Crippen molar-refractivity contribution in [1.29, 1.82) is 0 Å². The summed E-state index contributed by atoms with van der Waals surface area (Å²) in [5.74, 6) is 0.965. The van der Waals surface area contributed by atoms with Crippen LogP contribution in [0.5, 0.6) is 0 Å². The van der Waals surface area contributed by atoms with Crippen LogP contribution in [0.4, 0.5) is 0 Å². The molecule has 0 N–H and O–H groups in total. The van der Waals surface area contributed by atoms with Crippen LogP contribution in [0.25, 0.3) is 22.3 Å². The van der Waals surface area contributed by atoms with Crippen molar-refractivity contribution in [3.05, 3.63) is 119 Å². The predicted octanol–water partition coefficient (Wildman–Crippen LogP) is 7.03. The van der Waals surface area contributed by atoms with Crippen molar-refractivity contribution in [2.24, 2.45) is 0 Å². The van der Waals surface area contributed by atoms with Gasteiger partial charge in [0.25, 0.3) is 0 Å². The fourth-order valence-corrected chi connectivity index (χ4v) is 7.21. The first-order valence-corrected chi connectivity index (χ1v) is 14.8. The van der Waals surface area contributed by atoms with Crippen LogP contribution in [0, 0.1) is 0 Å². The molecule has 1 heterocycles. The molecule has 1 saturated heterocycles. The zero-order chi connectivity index (χ0) is 26.0. The first-order valence-electron chi connectivity index (χ1n) is 14.8. The normalized spacial score (nSPS) is 16.7. The zero-order valence-corrected chi connectivity index (χ0v) is 22.8. The predicted molar refractivity (Wildman–Crippen MR) is 160 cm³/mol. The van der Waals surface area contributed by atoms with Crippen molar-refractivity contribution < 1.29 is 4.74 Å². The largest absolute Gasteiger partial charge is 0.379 e. The van der Waals surface area contributed by atoms with Gasteiger partial charge in [-0.15, -0.1) is 0 Å². The lowest BCUT2D eigenvalue weighted by molar-refractivity contribution is 0.0331. The average Bonchev–Trinajstić information content (AvgIpc) is 3.50. The van der Waals surface area contributed by atoms with E-state index in [0.29, 0.717) is 11.8 Å². The molecule has 1 fully saturated rings. The highest BCUT2D eigenvalue weighted by Crippen LogP contribution is 2.47. The second-order valence-corrected chi connectivity index (χ2v) is 11.3. The Morgan fingerprint density at radius 3 is 1.33 bits per heavy atom. The first-order chi connectivity index (χ1) is 19.4. The molecule has 3 nitrogen and oxygen atoms in total. The summed E-state index contributed by atoms with van der Waals surface area (Å²) in [7, 11) is 0. The van der Waals surface area contributed by atoms with Crippen molar-refractivity contribution in [1.82, 2.24) is 9.80 Å². The van der Waals surface area contributed by atoms with Gasteiger partial charge in [0.15, 0.2) is 0 Å². The highest BCUT2D eigenvalue weighted by Gasteiger charge is 2.30. The molecule has 0 atom stereocenters. The van der Waals surface area contributed by atoms with Gasteiger partial charge in [0, 0.05) is 38.0 Å². The molecular weight excluding hydrogens is 476 g/mol. The summed E-state index contributed by atoms with van der Waals surface area (Å²) in [5.41, 5.74) is 11.7. The molecule has 0 amide bonds. The Labute approximate surface area is 233 Å². The summed E-state index contributed by atoms with van der Waals surface area (Å²) >= 11 is 0. The average molecular weight is 515 g/mol. The minimum absolute atomic E-state index is 0.483. The van der Waals surface area contributed by atoms with Gasteiger partial charge < -0.3 is 9.64 Å². The van der Waals surface area contributed by atoms with Gasteiger partial charge >= 0.3 is 0 Å². The van der Waals surface area contributed by atoms with Crippen molar-refractivity contribution in [3.63, 3.8) is 0 Å². The second-order valence-electron chi connectivity index (χ2n) is 11.3. The van der Waals surface area contributed by atoms with Crippen molar-refractivity contribution in [3.8, 4) is 22.3 Å². The maximum Gasteiger partial charge on any atom is 0.0594 e. The van der Waals surface area contributed by atoms with Gasteiger partial charge in [0.1, 0.15) is 0 Å². The molecule has 0 radical (unpaired) electrons. The highest BCUT2D eigenvalue weighted by molar-refractivity contribution is 5.79. The third-order valence-electron chi connectivity index (χ3n) is 9.23. The first kappa shape index (κ1) is 24.8. The van der Waals surface area contributed by atoms with Crippen LogP contribution in [0.15, 0.2) is 97.1 Å². The molecule has 2 aliphatic carbocycles. The van der Waals surface area contributed by atoms with E-state index in [1.807, 2.05) is 0 Å². The Morgan fingerprint density at radius 1 is 0.538 bits per heavy atom. The Hall–Kier alpha value is -3.24. The van der Waals surface area contributed by atoms with Crippen LogP contribution in [0.3, 0.4) is 0 Å². The molecule has 0 bridgehead atoms. The van der Waals surface area contributed by atoms with Crippen molar-refractivity contribution in [2.45, 2.75) is 24.7 Å². The molecule has 0 unspecified atom stereocenters. The van der Waals surface area contributed by atoms with Crippen LogP contribution in [-0.2, 0) is 4.74 Å². The number of morpholine rings is 1. The quantitative estimate of drug-likeness (QED) is 0.239. The van der Waals surface area contributed by atoms with E-state index in [-0.39, 0.29) is 0 Å². The van der Waals surface area contributed by atoms with Gasteiger partial charge in [0.05, 0.1) is 13.2 Å². The van der Waals surface area contributed by atoms with Crippen molar-refractivity contribution in [2.75, 3.05) is 52.5 Å². The summed E-state index contributed by atoms with van der Waals surface area (Å²) in [6.07, 6.45) is 2.32. The summed E-state index contributed by atoms with van der Waals surface area (Å²) in [4.78, 5) is 5.33. The molecule has 39 heavy (non-hydrogen) atoms. The van der Waals surface area contributed by atoms with E-state index in [1.54, 1.807) is 0 Å². The van der Waals surface area contributed by atoms with Gasteiger partial charge in [-0.2, -0.15) is 0 Å². The lowest BCUT2D eigenvalue weighted by Gasteiger charge is -2.31. The summed E-state index contributed by atoms with van der Waals surface area (Å²) < 4.78 is 5.61. The fourth-order valence-electron chi connectivity index (χ4n) is 7.21. The van der Waals surface area contributed by atoms with E-state index in [0.717, 1.165) is 65.3 Å². The van der Waals surface area contributed by atoms with Crippen LogP contribution < -0.4 is 0 Å². The number of rotatable bonds is 9. The van der Waals surface area contributed by atoms with E-state index in [2.05, 4.69) is 107 Å². The Balaban J connectivity index is 1.10.